The zero-order valence-corrected chi connectivity index (χ0v) is 8.33. The summed E-state index contributed by atoms with van der Waals surface area (Å²) in [5, 5.41) is 0. The van der Waals surface area contributed by atoms with Crippen molar-refractivity contribution in [3.63, 3.8) is 0 Å². The highest BCUT2D eigenvalue weighted by molar-refractivity contribution is 5.94. The van der Waals surface area contributed by atoms with Crippen molar-refractivity contribution in [1.82, 2.24) is 4.98 Å². The average Bonchev–Trinajstić information content (AvgIpc) is 2.37. The summed E-state index contributed by atoms with van der Waals surface area (Å²) in [4.78, 5) is 15.6. The van der Waals surface area contributed by atoms with Crippen molar-refractivity contribution >= 4 is 5.97 Å². The Hall–Kier alpha value is -1.58. The molecule has 2 heterocycles. The highest BCUT2D eigenvalue weighted by Crippen LogP contribution is 2.35. The van der Waals surface area contributed by atoms with Gasteiger partial charge < -0.3 is 9.47 Å². The predicted molar refractivity (Wildman–Crippen MR) is 49.2 cm³/mol. The van der Waals surface area contributed by atoms with Gasteiger partial charge in [-0.05, 0) is 19.9 Å². The lowest BCUT2D eigenvalue weighted by Gasteiger charge is -2.16. The number of hydrogen-bond acceptors (Lipinski definition) is 4. The quantitative estimate of drug-likeness (QED) is 0.634. The molecule has 1 aromatic heterocycles. The summed E-state index contributed by atoms with van der Waals surface area (Å²) < 4.78 is 10.2. The number of aromatic nitrogens is 1. The number of ether oxygens (including phenoxy) is 2. The Bertz CT molecular complexity index is 398. The van der Waals surface area contributed by atoms with Gasteiger partial charge in [0.05, 0.1) is 12.7 Å². The van der Waals surface area contributed by atoms with Crippen molar-refractivity contribution in [2.24, 2.45) is 0 Å². The lowest BCUT2D eigenvalue weighted by molar-refractivity contribution is 0.00819. The Morgan fingerprint density at radius 1 is 1.43 bits per heavy atom. The molecule has 0 fully saturated rings. The molecule has 0 aromatic carbocycles. The molecule has 0 unspecified atom stereocenters. The molecule has 0 saturated heterocycles. The van der Waals surface area contributed by atoms with Crippen LogP contribution in [0.5, 0.6) is 5.88 Å². The van der Waals surface area contributed by atoms with Gasteiger partial charge in [0.2, 0.25) is 5.88 Å². The van der Waals surface area contributed by atoms with E-state index in [1.807, 2.05) is 13.8 Å². The van der Waals surface area contributed by atoms with Crippen LogP contribution in [-0.4, -0.2) is 18.1 Å². The Morgan fingerprint density at radius 3 is 2.79 bits per heavy atom. The smallest absolute Gasteiger partial charge is 0.341 e. The van der Waals surface area contributed by atoms with E-state index in [4.69, 9.17) is 9.47 Å². The first-order valence-electron chi connectivity index (χ1n) is 4.33. The molecule has 1 aliphatic rings. The number of methoxy groups -OCH3 is 1. The second-order valence-electron chi connectivity index (χ2n) is 3.65. The van der Waals surface area contributed by atoms with E-state index in [0.29, 0.717) is 17.1 Å². The highest BCUT2D eigenvalue weighted by Gasteiger charge is 2.39. The fraction of sp³-hybridized carbons (Fsp3) is 0.400. The lowest BCUT2D eigenvalue weighted by atomic mass is 10.0. The molecule has 0 bridgehead atoms. The number of rotatable bonds is 1. The average molecular weight is 193 g/mol. The maximum atomic E-state index is 11.4. The van der Waals surface area contributed by atoms with Crippen LogP contribution in [0.15, 0.2) is 12.1 Å². The number of nitrogens with zero attached hydrogens (tertiary/aromatic N) is 1. The van der Waals surface area contributed by atoms with Crippen LogP contribution in [0.1, 0.15) is 29.9 Å². The van der Waals surface area contributed by atoms with Crippen LogP contribution in [0, 0.1) is 0 Å². The zero-order chi connectivity index (χ0) is 10.3. The first-order valence-corrected chi connectivity index (χ1v) is 4.33. The number of esters is 1. The van der Waals surface area contributed by atoms with Crippen LogP contribution in [0.4, 0.5) is 0 Å². The second kappa shape index (κ2) is 2.70. The lowest BCUT2D eigenvalue weighted by Crippen LogP contribution is -2.17. The van der Waals surface area contributed by atoms with Crippen molar-refractivity contribution in [2.75, 3.05) is 7.11 Å². The number of cyclic esters (lactones) is 1. The van der Waals surface area contributed by atoms with Crippen LogP contribution in [0.25, 0.3) is 0 Å². The van der Waals surface area contributed by atoms with Crippen molar-refractivity contribution < 1.29 is 14.3 Å². The fourth-order valence-corrected chi connectivity index (χ4v) is 1.51. The minimum atomic E-state index is -0.652. The molecular weight excluding hydrogens is 182 g/mol. The predicted octanol–water partition coefficient (Wildman–Crippen LogP) is 1.50. The van der Waals surface area contributed by atoms with Crippen molar-refractivity contribution in [3.8, 4) is 5.88 Å². The summed E-state index contributed by atoms with van der Waals surface area (Å²) in [5.41, 5.74) is 0.513. The highest BCUT2D eigenvalue weighted by atomic mass is 16.6. The van der Waals surface area contributed by atoms with E-state index in [0.717, 1.165) is 0 Å². The molecule has 74 valence electrons. The molecule has 0 N–H and O–H groups in total. The van der Waals surface area contributed by atoms with Gasteiger partial charge in [0.15, 0.2) is 0 Å². The molecule has 0 saturated carbocycles. The molecule has 14 heavy (non-hydrogen) atoms. The summed E-state index contributed by atoms with van der Waals surface area (Å²) in [5.74, 6) is 0.176. The summed E-state index contributed by atoms with van der Waals surface area (Å²) in [6, 6.07) is 3.33. The topological polar surface area (TPSA) is 48.4 Å². The molecule has 0 spiro atoms. The summed E-state index contributed by atoms with van der Waals surface area (Å²) in [6.45, 7) is 3.62. The minimum absolute atomic E-state index is 0.319. The number of fused-ring (bicyclic) bond motifs is 1. The van der Waals surface area contributed by atoms with E-state index in [2.05, 4.69) is 4.98 Å². The normalized spacial score (nSPS) is 17.5. The number of hydrogen-bond donors (Lipinski definition) is 0. The van der Waals surface area contributed by atoms with Crippen LogP contribution in [0.2, 0.25) is 0 Å². The van der Waals surface area contributed by atoms with Gasteiger partial charge in [-0.15, -0.1) is 0 Å². The van der Waals surface area contributed by atoms with E-state index in [9.17, 15) is 4.79 Å². The van der Waals surface area contributed by atoms with Gasteiger partial charge >= 0.3 is 5.97 Å². The Morgan fingerprint density at radius 2 is 2.14 bits per heavy atom. The molecule has 0 atom stereocenters. The third-order valence-corrected chi connectivity index (χ3v) is 2.22. The van der Waals surface area contributed by atoms with Gasteiger partial charge in [0, 0.05) is 6.07 Å². The summed E-state index contributed by atoms with van der Waals surface area (Å²) in [6.07, 6.45) is 0. The maximum Gasteiger partial charge on any atom is 0.341 e. The molecule has 0 amide bonds. The first kappa shape index (κ1) is 8.99. The monoisotopic (exact) mass is 193 g/mol. The second-order valence-corrected chi connectivity index (χ2v) is 3.65. The fourth-order valence-electron chi connectivity index (χ4n) is 1.51. The molecule has 0 radical (unpaired) electrons. The molecule has 4 heteroatoms. The molecular formula is C10H11NO3. The largest absolute Gasteiger partial charge is 0.481 e. The first-order chi connectivity index (χ1) is 6.54. The Labute approximate surface area is 81.9 Å². The SMILES string of the molecule is COc1ccc2c(n1)C(C)(C)OC2=O. The van der Waals surface area contributed by atoms with Crippen molar-refractivity contribution in [2.45, 2.75) is 19.4 Å². The molecule has 4 nitrogen and oxygen atoms in total. The van der Waals surface area contributed by atoms with Gasteiger partial charge in [-0.1, -0.05) is 0 Å². The summed E-state index contributed by atoms with van der Waals surface area (Å²) >= 11 is 0. The van der Waals surface area contributed by atoms with Gasteiger partial charge in [-0.2, -0.15) is 0 Å². The Kier molecular flexibility index (Phi) is 1.74. The van der Waals surface area contributed by atoms with Crippen LogP contribution < -0.4 is 4.74 Å². The van der Waals surface area contributed by atoms with E-state index in [1.54, 1.807) is 19.2 Å². The number of carbonyl (C=O) groups is 1. The zero-order valence-electron chi connectivity index (χ0n) is 8.33. The maximum absolute atomic E-state index is 11.4. The van der Waals surface area contributed by atoms with Gasteiger partial charge in [-0.25, -0.2) is 9.78 Å². The van der Waals surface area contributed by atoms with Crippen molar-refractivity contribution in [3.05, 3.63) is 23.4 Å². The number of pyridine rings is 1. The molecule has 2 rings (SSSR count). The number of carbonyl (C=O) groups excluding carboxylic acids is 1. The molecule has 1 aliphatic heterocycles. The van der Waals surface area contributed by atoms with Gasteiger partial charge in [0.25, 0.3) is 0 Å². The van der Waals surface area contributed by atoms with E-state index >= 15 is 0 Å². The van der Waals surface area contributed by atoms with E-state index in [1.165, 1.54) is 0 Å². The van der Waals surface area contributed by atoms with Crippen LogP contribution in [-0.2, 0) is 10.3 Å². The Balaban J connectivity index is 2.59. The summed E-state index contributed by atoms with van der Waals surface area (Å²) in [7, 11) is 1.54. The van der Waals surface area contributed by atoms with Gasteiger partial charge in [-0.3, -0.25) is 0 Å². The van der Waals surface area contributed by atoms with Crippen molar-refractivity contribution in [1.29, 1.82) is 0 Å². The standard InChI is InChI=1S/C10H11NO3/c1-10(2)8-6(9(12)14-10)4-5-7(11-8)13-3/h4-5H,1-3H3. The van der Waals surface area contributed by atoms with Gasteiger partial charge in [0.1, 0.15) is 11.3 Å². The minimum Gasteiger partial charge on any atom is -0.481 e. The van der Waals surface area contributed by atoms with Crippen LogP contribution >= 0.6 is 0 Å². The molecule has 0 aliphatic carbocycles. The molecule has 1 aromatic rings. The van der Waals surface area contributed by atoms with E-state index < -0.39 is 5.60 Å². The van der Waals surface area contributed by atoms with Crippen LogP contribution in [0.3, 0.4) is 0 Å². The third-order valence-electron chi connectivity index (χ3n) is 2.22. The van der Waals surface area contributed by atoms with E-state index in [-0.39, 0.29) is 5.97 Å². The third kappa shape index (κ3) is 1.14.